The van der Waals surface area contributed by atoms with Crippen molar-refractivity contribution in [2.45, 2.75) is 64.0 Å². The molecule has 1 aliphatic carbocycles. The van der Waals surface area contributed by atoms with Crippen molar-refractivity contribution >= 4 is 15.9 Å². The first kappa shape index (κ1) is 17.0. The third kappa shape index (κ3) is 3.69. The van der Waals surface area contributed by atoms with Crippen molar-refractivity contribution in [3.8, 4) is 0 Å². The van der Waals surface area contributed by atoms with E-state index in [-0.39, 0.29) is 11.6 Å². The van der Waals surface area contributed by atoms with Crippen LogP contribution in [0.4, 0.5) is 0 Å². The van der Waals surface area contributed by atoms with E-state index < -0.39 is 0 Å². The highest BCUT2D eigenvalue weighted by Crippen LogP contribution is 2.42. The van der Waals surface area contributed by atoms with E-state index in [1.54, 1.807) is 0 Å². The van der Waals surface area contributed by atoms with Gasteiger partial charge in [-0.2, -0.15) is 5.10 Å². The van der Waals surface area contributed by atoms with Crippen LogP contribution >= 0.6 is 15.9 Å². The Balaban J connectivity index is 2.40. The number of halogens is 1. The van der Waals surface area contributed by atoms with Crippen molar-refractivity contribution < 1.29 is 4.74 Å². The number of hydrogen-bond acceptors (Lipinski definition) is 3. The molecular weight excluding hydrogens is 330 g/mol. The first-order chi connectivity index (χ1) is 10.1. The van der Waals surface area contributed by atoms with Crippen molar-refractivity contribution in [2.24, 2.45) is 7.05 Å². The van der Waals surface area contributed by atoms with Gasteiger partial charge in [-0.1, -0.05) is 32.6 Å². The van der Waals surface area contributed by atoms with E-state index in [1.165, 1.54) is 31.4 Å². The maximum absolute atomic E-state index is 6.37. The number of likely N-dealkylation sites (N-methyl/N-ethyl adjacent to an activating group) is 1. The van der Waals surface area contributed by atoms with Gasteiger partial charge < -0.3 is 10.1 Å². The number of hydrogen-bond donors (Lipinski definition) is 1. The van der Waals surface area contributed by atoms with Gasteiger partial charge in [0.05, 0.1) is 28.0 Å². The molecule has 1 aromatic rings. The molecule has 1 fully saturated rings. The molecule has 1 unspecified atom stereocenters. The van der Waals surface area contributed by atoms with Crippen LogP contribution in [0, 0.1) is 0 Å². The fourth-order valence-electron chi connectivity index (χ4n) is 3.61. The van der Waals surface area contributed by atoms with Crippen molar-refractivity contribution in [3.05, 3.63) is 16.4 Å². The van der Waals surface area contributed by atoms with Crippen molar-refractivity contribution in [1.29, 1.82) is 0 Å². The molecule has 0 aromatic carbocycles. The molecule has 5 heteroatoms. The molecule has 120 valence electrons. The van der Waals surface area contributed by atoms with Crippen LogP contribution in [0.5, 0.6) is 0 Å². The summed E-state index contributed by atoms with van der Waals surface area (Å²) in [7, 11) is 2.01. The highest BCUT2D eigenvalue weighted by molar-refractivity contribution is 9.10. The summed E-state index contributed by atoms with van der Waals surface area (Å²) in [6, 6.07) is 0.183. The Hall–Kier alpha value is -0.390. The van der Waals surface area contributed by atoms with Crippen LogP contribution in [0.25, 0.3) is 0 Å². The Labute approximate surface area is 136 Å². The van der Waals surface area contributed by atoms with Gasteiger partial charge in [0.25, 0.3) is 0 Å². The Morgan fingerprint density at radius 2 is 2.00 bits per heavy atom. The SMILES string of the molecule is CCNC(c1c(Br)cnn1C)C1(OCC)CCCCCC1. The summed E-state index contributed by atoms with van der Waals surface area (Å²) < 4.78 is 9.42. The van der Waals surface area contributed by atoms with Gasteiger partial charge in [0.15, 0.2) is 0 Å². The Kier molecular flexibility index (Phi) is 6.26. The number of aromatic nitrogens is 2. The standard InChI is InChI=1S/C16H28BrN3O/c1-4-18-15(14-13(17)12-19-20(14)3)16(21-5-2)10-8-6-7-9-11-16/h12,15,18H,4-11H2,1-3H3. The first-order valence-corrected chi connectivity index (χ1v) is 8.98. The first-order valence-electron chi connectivity index (χ1n) is 8.19. The fourth-order valence-corrected chi connectivity index (χ4v) is 4.19. The third-order valence-electron chi connectivity index (χ3n) is 4.53. The van der Waals surface area contributed by atoms with E-state index >= 15 is 0 Å². The lowest BCUT2D eigenvalue weighted by molar-refractivity contribution is -0.0796. The summed E-state index contributed by atoms with van der Waals surface area (Å²) in [4.78, 5) is 0. The second kappa shape index (κ2) is 7.75. The quantitative estimate of drug-likeness (QED) is 0.783. The number of aryl methyl sites for hydroxylation is 1. The van der Waals surface area contributed by atoms with Crippen LogP contribution < -0.4 is 5.32 Å². The Bertz CT molecular complexity index is 419. The summed E-state index contributed by atoms with van der Waals surface area (Å²) in [6.07, 6.45) is 9.26. The van der Waals surface area contributed by atoms with E-state index in [0.717, 1.165) is 30.5 Å². The largest absolute Gasteiger partial charge is 0.373 e. The van der Waals surface area contributed by atoms with Crippen LogP contribution in [-0.4, -0.2) is 28.5 Å². The van der Waals surface area contributed by atoms with Gasteiger partial charge in [-0.05, 0) is 42.2 Å². The molecule has 1 saturated carbocycles. The van der Waals surface area contributed by atoms with Crippen molar-refractivity contribution in [3.63, 3.8) is 0 Å². The predicted octanol–water partition coefficient (Wildman–Crippen LogP) is 3.96. The average Bonchev–Trinajstić information content (AvgIpc) is 2.68. The van der Waals surface area contributed by atoms with Crippen LogP contribution in [-0.2, 0) is 11.8 Å². The summed E-state index contributed by atoms with van der Waals surface area (Å²) >= 11 is 3.67. The third-order valence-corrected chi connectivity index (χ3v) is 5.14. The molecule has 4 nitrogen and oxygen atoms in total. The molecule has 0 aliphatic heterocycles. The van der Waals surface area contributed by atoms with Crippen LogP contribution in [0.1, 0.15) is 64.1 Å². The van der Waals surface area contributed by atoms with Gasteiger partial charge in [-0.25, -0.2) is 0 Å². The van der Waals surface area contributed by atoms with Gasteiger partial charge in [0.2, 0.25) is 0 Å². The second-order valence-corrected chi connectivity index (χ2v) is 6.76. The van der Waals surface area contributed by atoms with Crippen LogP contribution in [0.2, 0.25) is 0 Å². The minimum absolute atomic E-state index is 0.114. The molecule has 0 spiro atoms. The van der Waals surface area contributed by atoms with Crippen LogP contribution in [0.15, 0.2) is 10.7 Å². The zero-order valence-corrected chi connectivity index (χ0v) is 15.1. The molecule has 2 rings (SSSR count). The molecule has 1 atom stereocenters. The number of nitrogens with zero attached hydrogens (tertiary/aromatic N) is 2. The Morgan fingerprint density at radius 3 is 2.48 bits per heavy atom. The smallest absolute Gasteiger partial charge is 0.0891 e. The lowest BCUT2D eigenvalue weighted by atomic mass is 9.84. The average molecular weight is 358 g/mol. The van der Waals surface area contributed by atoms with Crippen molar-refractivity contribution in [1.82, 2.24) is 15.1 Å². The topological polar surface area (TPSA) is 39.1 Å². The Morgan fingerprint density at radius 1 is 1.33 bits per heavy atom. The number of ether oxygens (including phenoxy) is 1. The fraction of sp³-hybridized carbons (Fsp3) is 0.812. The second-order valence-electron chi connectivity index (χ2n) is 5.90. The molecule has 1 aliphatic rings. The molecule has 0 bridgehead atoms. The van der Waals surface area contributed by atoms with Gasteiger partial charge in [0, 0.05) is 13.7 Å². The lowest BCUT2D eigenvalue weighted by Gasteiger charge is -2.41. The summed E-state index contributed by atoms with van der Waals surface area (Å²) in [6.45, 7) is 5.95. The molecule has 0 radical (unpaired) electrons. The lowest BCUT2D eigenvalue weighted by Crippen LogP contribution is -2.47. The molecular formula is C16H28BrN3O. The maximum Gasteiger partial charge on any atom is 0.0891 e. The molecule has 0 saturated heterocycles. The highest BCUT2D eigenvalue weighted by Gasteiger charge is 2.42. The normalized spacial score (nSPS) is 20.2. The van der Waals surface area contributed by atoms with Gasteiger partial charge in [-0.3, -0.25) is 4.68 Å². The monoisotopic (exact) mass is 357 g/mol. The maximum atomic E-state index is 6.37. The molecule has 1 heterocycles. The zero-order chi connectivity index (χ0) is 15.3. The van der Waals surface area contributed by atoms with E-state index in [1.807, 2.05) is 17.9 Å². The van der Waals surface area contributed by atoms with E-state index in [4.69, 9.17) is 4.74 Å². The predicted molar refractivity (Wildman–Crippen MR) is 89.4 cm³/mol. The molecule has 0 amide bonds. The number of nitrogens with one attached hydrogen (secondary N) is 1. The van der Waals surface area contributed by atoms with E-state index in [0.29, 0.717) is 0 Å². The van der Waals surface area contributed by atoms with Gasteiger partial charge in [-0.15, -0.1) is 0 Å². The summed E-state index contributed by atoms with van der Waals surface area (Å²) in [5, 5.41) is 8.08. The minimum atomic E-state index is -0.114. The molecule has 1 N–H and O–H groups in total. The van der Waals surface area contributed by atoms with E-state index in [2.05, 4.69) is 40.2 Å². The van der Waals surface area contributed by atoms with Crippen molar-refractivity contribution in [2.75, 3.05) is 13.2 Å². The highest BCUT2D eigenvalue weighted by atomic mass is 79.9. The van der Waals surface area contributed by atoms with Crippen LogP contribution in [0.3, 0.4) is 0 Å². The summed E-state index contributed by atoms with van der Waals surface area (Å²) in [5.41, 5.74) is 1.09. The van der Waals surface area contributed by atoms with Gasteiger partial charge in [0.1, 0.15) is 0 Å². The van der Waals surface area contributed by atoms with Gasteiger partial charge >= 0.3 is 0 Å². The molecule has 21 heavy (non-hydrogen) atoms. The number of rotatable bonds is 6. The molecule has 1 aromatic heterocycles. The summed E-state index contributed by atoms with van der Waals surface area (Å²) in [5.74, 6) is 0. The minimum Gasteiger partial charge on any atom is -0.373 e. The van der Waals surface area contributed by atoms with E-state index in [9.17, 15) is 0 Å². The zero-order valence-electron chi connectivity index (χ0n) is 13.5.